The molecular formula is C25H25Cl2N7O4. The van der Waals surface area contributed by atoms with Crippen molar-refractivity contribution < 1.29 is 19.4 Å². The molecule has 2 aromatic carbocycles. The van der Waals surface area contributed by atoms with Gasteiger partial charge in [-0.05, 0) is 24.3 Å². The molecule has 1 fully saturated rings. The van der Waals surface area contributed by atoms with Gasteiger partial charge in [0.2, 0.25) is 0 Å². The van der Waals surface area contributed by atoms with Crippen LogP contribution in [0.15, 0.2) is 48.8 Å². The SMILES string of the molecule is CNC(=O)[C@H]1O[C@H](c2nc(NCc3cc(Cl)ccc3OCc3ccccc3Cl)c3[nH]cnc3n2)[C@H](O)[C@@H]1N. The van der Waals surface area contributed by atoms with Crippen LogP contribution in [0.4, 0.5) is 5.82 Å². The van der Waals surface area contributed by atoms with E-state index in [4.69, 9.17) is 38.4 Å². The largest absolute Gasteiger partial charge is 0.488 e. The molecule has 1 aliphatic heterocycles. The fourth-order valence-electron chi connectivity index (χ4n) is 4.18. The molecule has 1 aliphatic rings. The third kappa shape index (κ3) is 5.24. The number of aromatic nitrogens is 4. The first-order valence-corrected chi connectivity index (χ1v) is 12.5. The fraction of sp³-hybridized carbons (Fsp3) is 0.280. The number of aromatic amines is 1. The van der Waals surface area contributed by atoms with Gasteiger partial charge in [-0.15, -0.1) is 0 Å². The molecule has 0 saturated carbocycles. The van der Waals surface area contributed by atoms with Gasteiger partial charge in [-0.3, -0.25) is 4.79 Å². The highest BCUT2D eigenvalue weighted by Gasteiger charge is 2.47. The van der Waals surface area contributed by atoms with Crippen LogP contribution in [0, 0.1) is 0 Å². The first kappa shape index (κ1) is 26.1. The van der Waals surface area contributed by atoms with Gasteiger partial charge in [0.25, 0.3) is 5.91 Å². The van der Waals surface area contributed by atoms with Crippen molar-refractivity contribution in [3.8, 4) is 5.75 Å². The van der Waals surface area contributed by atoms with Gasteiger partial charge in [0.05, 0.1) is 12.4 Å². The number of halogens is 2. The lowest BCUT2D eigenvalue weighted by atomic mass is 10.0. The minimum atomic E-state index is -1.20. The third-order valence-electron chi connectivity index (χ3n) is 6.22. The number of imidazole rings is 1. The van der Waals surface area contributed by atoms with E-state index in [-0.39, 0.29) is 19.0 Å². The highest BCUT2D eigenvalue weighted by molar-refractivity contribution is 6.31. The standard InChI is InChI=1S/C25H25Cl2N7O4/c1-29-25(36)20-17(28)19(35)21(38-20)24-33-22(18-23(34-24)32-11-31-18)30-9-13-8-14(26)6-7-16(13)37-10-12-4-2-3-5-15(12)27/h2-8,11,17,19-21,35H,9-10,28H2,1H3,(H,29,36)(H2,30,31,32,33,34)/t17-,19+,20-,21-/m0/s1. The van der Waals surface area contributed by atoms with Crippen molar-refractivity contribution in [2.75, 3.05) is 12.4 Å². The molecule has 13 heteroatoms. The first-order chi connectivity index (χ1) is 18.4. The maximum atomic E-state index is 12.1. The van der Waals surface area contributed by atoms with E-state index in [0.29, 0.717) is 32.8 Å². The average molecular weight is 558 g/mol. The monoisotopic (exact) mass is 557 g/mol. The molecule has 0 bridgehead atoms. The molecule has 6 N–H and O–H groups in total. The zero-order valence-electron chi connectivity index (χ0n) is 20.2. The lowest BCUT2D eigenvalue weighted by molar-refractivity contribution is -0.132. The normalized spacial score (nSPS) is 21.0. The molecule has 3 heterocycles. The number of anilines is 1. The molecule has 2 aromatic heterocycles. The van der Waals surface area contributed by atoms with Gasteiger partial charge in [-0.25, -0.2) is 15.0 Å². The van der Waals surface area contributed by atoms with Crippen LogP contribution in [0.2, 0.25) is 10.0 Å². The minimum absolute atomic E-state index is 0.141. The van der Waals surface area contributed by atoms with E-state index in [1.807, 2.05) is 24.3 Å². The van der Waals surface area contributed by atoms with Crippen molar-refractivity contribution in [3.05, 3.63) is 75.8 Å². The topological polar surface area (TPSA) is 160 Å². The number of rotatable bonds is 8. The second-order valence-corrected chi connectivity index (χ2v) is 9.52. The van der Waals surface area contributed by atoms with Crippen molar-refractivity contribution >= 4 is 46.1 Å². The van der Waals surface area contributed by atoms with Crippen molar-refractivity contribution in [2.45, 2.75) is 37.5 Å². The lowest BCUT2D eigenvalue weighted by Gasteiger charge is -2.16. The Kier molecular flexibility index (Phi) is 7.63. The molecule has 0 radical (unpaired) electrons. The highest BCUT2D eigenvalue weighted by Crippen LogP contribution is 2.33. The van der Waals surface area contributed by atoms with Gasteiger partial charge in [-0.1, -0.05) is 41.4 Å². The summed E-state index contributed by atoms with van der Waals surface area (Å²) < 4.78 is 11.8. The van der Waals surface area contributed by atoms with Gasteiger partial charge >= 0.3 is 0 Å². The Bertz CT molecular complexity index is 1470. The summed E-state index contributed by atoms with van der Waals surface area (Å²) in [5.41, 5.74) is 8.57. The summed E-state index contributed by atoms with van der Waals surface area (Å²) in [5, 5.41) is 17.6. The Morgan fingerprint density at radius 2 is 2.03 bits per heavy atom. The van der Waals surface area contributed by atoms with Gasteiger partial charge in [0.1, 0.15) is 30.1 Å². The second-order valence-electron chi connectivity index (χ2n) is 8.68. The first-order valence-electron chi connectivity index (χ1n) is 11.8. The predicted molar refractivity (Wildman–Crippen MR) is 142 cm³/mol. The lowest BCUT2D eigenvalue weighted by Crippen LogP contribution is -2.46. The Labute approximate surface area is 227 Å². The number of nitrogens with zero attached hydrogens (tertiary/aromatic N) is 3. The number of H-pyrrole nitrogens is 1. The summed E-state index contributed by atoms with van der Waals surface area (Å²) >= 11 is 12.5. The number of aliphatic hydroxyl groups excluding tert-OH is 1. The zero-order valence-corrected chi connectivity index (χ0v) is 21.7. The highest BCUT2D eigenvalue weighted by atomic mass is 35.5. The molecule has 4 aromatic rings. The Morgan fingerprint density at radius 1 is 1.21 bits per heavy atom. The molecule has 11 nitrogen and oxygen atoms in total. The van der Waals surface area contributed by atoms with Crippen molar-refractivity contribution in [3.63, 3.8) is 0 Å². The summed E-state index contributed by atoms with van der Waals surface area (Å²) in [6.07, 6.45) is -1.77. The summed E-state index contributed by atoms with van der Waals surface area (Å²) in [7, 11) is 1.47. The minimum Gasteiger partial charge on any atom is -0.488 e. The molecule has 5 rings (SSSR count). The molecule has 0 spiro atoms. The van der Waals surface area contributed by atoms with E-state index in [1.54, 1.807) is 18.2 Å². The summed E-state index contributed by atoms with van der Waals surface area (Å²) in [4.78, 5) is 28.4. The molecule has 1 amide bonds. The van der Waals surface area contributed by atoms with Crippen LogP contribution in [-0.2, 0) is 22.7 Å². The number of hydrogen-bond donors (Lipinski definition) is 5. The van der Waals surface area contributed by atoms with Crippen LogP contribution in [0.5, 0.6) is 5.75 Å². The number of hydrogen-bond acceptors (Lipinski definition) is 9. The van der Waals surface area contributed by atoms with E-state index in [9.17, 15) is 9.90 Å². The number of fused-ring (bicyclic) bond motifs is 1. The number of aliphatic hydroxyl groups is 1. The Hall–Kier alpha value is -3.48. The number of carbonyl (C=O) groups is 1. The maximum absolute atomic E-state index is 12.1. The van der Waals surface area contributed by atoms with Crippen LogP contribution in [0.3, 0.4) is 0 Å². The van der Waals surface area contributed by atoms with Gasteiger partial charge in [0, 0.05) is 34.8 Å². The van der Waals surface area contributed by atoms with Crippen LogP contribution in [0.25, 0.3) is 11.2 Å². The van der Waals surface area contributed by atoms with Gasteiger partial charge in [0.15, 0.2) is 23.4 Å². The number of likely N-dealkylation sites (N-methyl/N-ethyl adjacent to an activating group) is 1. The average Bonchev–Trinajstić information content (AvgIpc) is 3.51. The van der Waals surface area contributed by atoms with Crippen LogP contribution in [0.1, 0.15) is 23.1 Å². The number of carbonyl (C=O) groups excluding carboxylic acids is 1. The fourth-order valence-corrected chi connectivity index (χ4v) is 4.57. The molecule has 4 atom stereocenters. The zero-order chi connectivity index (χ0) is 26.8. The number of amides is 1. The number of nitrogens with two attached hydrogens (primary N) is 1. The van der Waals surface area contributed by atoms with Crippen LogP contribution < -0.4 is 21.1 Å². The second kappa shape index (κ2) is 11.1. The predicted octanol–water partition coefficient (Wildman–Crippen LogP) is 2.72. The quantitative estimate of drug-likeness (QED) is 0.219. The molecule has 0 aliphatic carbocycles. The molecule has 198 valence electrons. The maximum Gasteiger partial charge on any atom is 0.250 e. The Balaban J connectivity index is 1.39. The van der Waals surface area contributed by atoms with E-state index in [0.717, 1.165) is 11.1 Å². The van der Waals surface area contributed by atoms with E-state index in [1.165, 1.54) is 13.4 Å². The third-order valence-corrected chi connectivity index (χ3v) is 6.82. The molecule has 0 unspecified atom stereocenters. The Morgan fingerprint density at radius 3 is 2.82 bits per heavy atom. The van der Waals surface area contributed by atoms with Crippen LogP contribution in [-0.4, -0.2) is 56.2 Å². The van der Waals surface area contributed by atoms with Crippen LogP contribution >= 0.6 is 23.2 Å². The van der Waals surface area contributed by atoms with E-state index < -0.39 is 30.3 Å². The van der Waals surface area contributed by atoms with Gasteiger partial charge < -0.3 is 35.9 Å². The number of ether oxygens (including phenoxy) is 2. The molecule has 38 heavy (non-hydrogen) atoms. The van der Waals surface area contributed by atoms with E-state index >= 15 is 0 Å². The molecule has 1 saturated heterocycles. The van der Waals surface area contributed by atoms with Gasteiger partial charge in [-0.2, -0.15) is 0 Å². The van der Waals surface area contributed by atoms with E-state index in [2.05, 4.69) is 30.6 Å². The number of nitrogens with one attached hydrogen (secondary N) is 3. The smallest absolute Gasteiger partial charge is 0.250 e. The van der Waals surface area contributed by atoms with Crippen molar-refractivity contribution in [2.24, 2.45) is 5.73 Å². The molecular weight excluding hydrogens is 533 g/mol. The van der Waals surface area contributed by atoms with Crippen molar-refractivity contribution in [1.29, 1.82) is 0 Å². The van der Waals surface area contributed by atoms with Crippen molar-refractivity contribution in [1.82, 2.24) is 25.3 Å². The summed E-state index contributed by atoms with van der Waals surface area (Å²) in [5.74, 6) is 0.726. The number of benzene rings is 2. The summed E-state index contributed by atoms with van der Waals surface area (Å²) in [6.45, 7) is 0.567. The summed E-state index contributed by atoms with van der Waals surface area (Å²) in [6, 6.07) is 11.8.